The molecule has 130 valence electrons. The van der Waals surface area contributed by atoms with Crippen molar-refractivity contribution in [2.24, 2.45) is 0 Å². The summed E-state index contributed by atoms with van der Waals surface area (Å²) in [6.07, 6.45) is -3.19. The highest BCUT2D eigenvalue weighted by Gasteiger charge is 2.35. The van der Waals surface area contributed by atoms with E-state index >= 15 is 0 Å². The normalized spacial score (nSPS) is 11.8. The van der Waals surface area contributed by atoms with Gasteiger partial charge in [-0.3, -0.25) is 4.79 Å². The van der Waals surface area contributed by atoms with Crippen LogP contribution < -0.4 is 5.43 Å². The standard InChI is InChI=1S/C16H15F4NO3/c1-3-5-21-8-10(15(23)24-4-2)14(22)9-6-12(17)11(7-13(9)21)16(18,19)20/h6-8H,3-5H2,1-2H3. The number of hydrogen-bond acceptors (Lipinski definition) is 3. The molecule has 0 aliphatic heterocycles. The average molecular weight is 345 g/mol. The Morgan fingerprint density at radius 2 is 1.92 bits per heavy atom. The quantitative estimate of drug-likeness (QED) is 0.626. The molecule has 0 N–H and O–H groups in total. The fourth-order valence-corrected chi connectivity index (χ4v) is 2.41. The van der Waals surface area contributed by atoms with E-state index in [1.54, 1.807) is 13.8 Å². The number of aromatic nitrogens is 1. The van der Waals surface area contributed by atoms with Crippen LogP contribution in [0.5, 0.6) is 0 Å². The zero-order valence-corrected chi connectivity index (χ0v) is 13.0. The van der Waals surface area contributed by atoms with Crippen LogP contribution in [0, 0.1) is 5.82 Å². The summed E-state index contributed by atoms with van der Waals surface area (Å²) in [6.45, 7) is 3.62. The predicted molar refractivity (Wildman–Crippen MR) is 79.4 cm³/mol. The number of aryl methyl sites for hydroxylation is 1. The minimum absolute atomic E-state index is 0.0332. The van der Waals surface area contributed by atoms with E-state index in [0.717, 1.165) is 6.20 Å². The summed E-state index contributed by atoms with van der Waals surface area (Å²) in [4.78, 5) is 24.2. The maximum absolute atomic E-state index is 13.8. The number of carbonyl (C=O) groups excluding carboxylic acids is 1. The van der Waals surface area contributed by atoms with Crippen LogP contribution in [0.1, 0.15) is 36.2 Å². The predicted octanol–water partition coefficient (Wildman–Crippen LogP) is 3.75. The van der Waals surface area contributed by atoms with E-state index in [9.17, 15) is 27.2 Å². The molecule has 0 saturated carbocycles. The lowest BCUT2D eigenvalue weighted by atomic mass is 10.1. The molecule has 1 aromatic heterocycles. The fraction of sp³-hybridized carbons (Fsp3) is 0.375. The van der Waals surface area contributed by atoms with Crippen molar-refractivity contribution in [3.05, 3.63) is 45.5 Å². The van der Waals surface area contributed by atoms with Crippen molar-refractivity contribution in [3.63, 3.8) is 0 Å². The molecule has 0 aliphatic carbocycles. The molecule has 0 fully saturated rings. The Balaban J connectivity index is 2.84. The van der Waals surface area contributed by atoms with Crippen LogP contribution in [0.25, 0.3) is 10.9 Å². The van der Waals surface area contributed by atoms with Gasteiger partial charge >= 0.3 is 12.1 Å². The van der Waals surface area contributed by atoms with Gasteiger partial charge in [-0.25, -0.2) is 9.18 Å². The smallest absolute Gasteiger partial charge is 0.419 e. The van der Waals surface area contributed by atoms with Crippen LogP contribution in [-0.4, -0.2) is 17.1 Å². The number of ether oxygens (including phenoxy) is 1. The highest BCUT2D eigenvalue weighted by molar-refractivity contribution is 5.94. The zero-order chi connectivity index (χ0) is 18.1. The van der Waals surface area contributed by atoms with Gasteiger partial charge in [-0.1, -0.05) is 6.92 Å². The number of hydrogen-bond donors (Lipinski definition) is 0. The number of nitrogens with zero attached hydrogens (tertiary/aromatic N) is 1. The van der Waals surface area contributed by atoms with Crippen LogP contribution >= 0.6 is 0 Å². The Labute approximate surface area is 134 Å². The number of rotatable bonds is 4. The third-order valence-corrected chi connectivity index (χ3v) is 3.43. The summed E-state index contributed by atoms with van der Waals surface area (Å²) in [5, 5.41) is -0.292. The molecule has 0 spiro atoms. The highest BCUT2D eigenvalue weighted by atomic mass is 19.4. The highest BCUT2D eigenvalue weighted by Crippen LogP contribution is 2.33. The van der Waals surface area contributed by atoms with Crippen molar-refractivity contribution in [3.8, 4) is 0 Å². The van der Waals surface area contributed by atoms with Crippen LogP contribution in [0.4, 0.5) is 17.6 Å². The van der Waals surface area contributed by atoms with Crippen LogP contribution in [0.3, 0.4) is 0 Å². The molecule has 2 aromatic rings. The SMILES string of the molecule is CCCn1cc(C(=O)OCC)c(=O)c2cc(F)c(C(F)(F)F)cc21. The number of pyridine rings is 1. The van der Waals surface area contributed by atoms with Gasteiger partial charge in [0.15, 0.2) is 0 Å². The molecule has 0 aliphatic rings. The Kier molecular flexibility index (Phi) is 4.96. The lowest BCUT2D eigenvalue weighted by Gasteiger charge is -2.15. The Bertz CT molecular complexity index is 840. The number of alkyl halides is 3. The Morgan fingerprint density at radius 1 is 1.25 bits per heavy atom. The van der Waals surface area contributed by atoms with Crippen molar-refractivity contribution in [2.75, 3.05) is 6.61 Å². The molecule has 1 heterocycles. The lowest BCUT2D eigenvalue weighted by Crippen LogP contribution is -2.22. The van der Waals surface area contributed by atoms with Gasteiger partial charge in [0.25, 0.3) is 0 Å². The van der Waals surface area contributed by atoms with Gasteiger partial charge in [0.1, 0.15) is 11.4 Å². The van der Waals surface area contributed by atoms with E-state index in [0.29, 0.717) is 18.6 Å². The third-order valence-electron chi connectivity index (χ3n) is 3.43. The molecule has 0 bridgehead atoms. The second kappa shape index (κ2) is 6.62. The second-order valence-corrected chi connectivity index (χ2v) is 5.13. The maximum atomic E-state index is 13.8. The number of halogens is 4. The van der Waals surface area contributed by atoms with Gasteiger partial charge in [0, 0.05) is 18.1 Å². The zero-order valence-electron chi connectivity index (χ0n) is 13.0. The average Bonchev–Trinajstić information content (AvgIpc) is 2.49. The van der Waals surface area contributed by atoms with Crippen molar-refractivity contribution in [2.45, 2.75) is 33.0 Å². The molecule has 8 heteroatoms. The van der Waals surface area contributed by atoms with Crippen LogP contribution in [0.15, 0.2) is 23.1 Å². The van der Waals surface area contributed by atoms with Gasteiger partial charge < -0.3 is 9.30 Å². The lowest BCUT2D eigenvalue weighted by molar-refractivity contribution is -0.139. The van der Waals surface area contributed by atoms with Crippen molar-refractivity contribution in [1.29, 1.82) is 0 Å². The van der Waals surface area contributed by atoms with Crippen LogP contribution in [-0.2, 0) is 17.5 Å². The summed E-state index contributed by atoms with van der Waals surface area (Å²) in [6, 6.07) is 1.12. The first-order chi connectivity index (χ1) is 11.2. The summed E-state index contributed by atoms with van der Waals surface area (Å²) in [5.74, 6) is -2.45. The van der Waals surface area contributed by atoms with Crippen LogP contribution in [0.2, 0.25) is 0 Å². The first-order valence-electron chi connectivity index (χ1n) is 7.31. The van der Waals surface area contributed by atoms with Gasteiger partial charge in [-0.05, 0) is 25.5 Å². The van der Waals surface area contributed by atoms with Gasteiger partial charge in [-0.2, -0.15) is 13.2 Å². The number of carbonyl (C=O) groups is 1. The molecule has 2 rings (SSSR count). The molecule has 0 atom stereocenters. The Hall–Kier alpha value is -2.38. The molecule has 24 heavy (non-hydrogen) atoms. The monoisotopic (exact) mass is 345 g/mol. The fourth-order valence-electron chi connectivity index (χ4n) is 2.41. The summed E-state index contributed by atoms with van der Waals surface area (Å²) in [5.41, 5.74) is -2.73. The molecule has 1 aromatic carbocycles. The largest absolute Gasteiger partial charge is 0.462 e. The topological polar surface area (TPSA) is 48.3 Å². The minimum Gasteiger partial charge on any atom is -0.462 e. The molecular weight excluding hydrogens is 330 g/mol. The molecular formula is C16H15F4NO3. The van der Waals surface area contributed by atoms with E-state index in [4.69, 9.17) is 4.74 Å². The minimum atomic E-state index is -4.88. The van der Waals surface area contributed by atoms with Crippen molar-refractivity contribution >= 4 is 16.9 Å². The van der Waals surface area contributed by atoms with Gasteiger partial charge in [0.2, 0.25) is 5.43 Å². The molecule has 0 saturated heterocycles. The summed E-state index contributed by atoms with van der Waals surface area (Å²) >= 11 is 0. The van der Waals surface area contributed by atoms with Crippen molar-refractivity contribution in [1.82, 2.24) is 4.57 Å². The summed E-state index contributed by atoms with van der Waals surface area (Å²) in [7, 11) is 0. The first kappa shape index (κ1) is 18.0. The van der Waals surface area contributed by atoms with Gasteiger partial charge in [0.05, 0.1) is 17.7 Å². The van der Waals surface area contributed by atoms with Crippen molar-refractivity contribution < 1.29 is 27.1 Å². The number of esters is 1. The number of fused-ring (bicyclic) bond motifs is 1. The Morgan fingerprint density at radius 3 is 2.46 bits per heavy atom. The van der Waals surface area contributed by atoms with E-state index < -0.39 is 29.0 Å². The first-order valence-corrected chi connectivity index (χ1v) is 7.31. The molecule has 0 amide bonds. The molecule has 0 radical (unpaired) electrons. The third kappa shape index (κ3) is 3.27. The van der Waals surface area contributed by atoms with Gasteiger partial charge in [-0.15, -0.1) is 0 Å². The van der Waals surface area contributed by atoms with E-state index in [-0.39, 0.29) is 29.6 Å². The van der Waals surface area contributed by atoms with E-state index in [1.807, 2.05) is 0 Å². The summed E-state index contributed by atoms with van der Waals surface area (Å²) < 4.78 is 58.6. The molecule has 4 nitrogen and oxygen atoms in total. The maximum Gasteiger partial charge on any atom is 0.419 e. The number of benzene rings is 1. The molecule has 0 unspecified atom stereocenters. The van der Waals surface area contributed by atoms with E-state index in [1.165, 1.54) is 4.57 Å². The second-order valence-electron chi connectivity index (χ2n) is 5.13. The van der Waals surface area contributed by atoms with E-state index in [2.05, 4.69) is 0 Å².